The number of benzene rings is 3. The van der Waals surface area contributed by atoms with Crippen LogP contribution in [0.5, 0.6) is 0 Å². The van der Waals surface area contributed by atoms with Crippen LogP contribution in [0.1, 0.15) is 142 Å². The summed E-state index contributed by atoms with van der Waals surface area (Å²) in [6, 6.07) is 21.5. The highest BCUT2D eigenvalue weighted by Crippen LogP contribution is 2.63. The van der Waals surface area contributed by atoms with Crippen LogP contribution in [0, 0.1) is 22.7 Å². The van der Waals surface area contributed by atoms with Crippen LogP contribution in [0.4, 0.5) is 14.4 Å². The monoisotopic (exact) mass is 1100 g/mol. The Hall–Kier alpha value is -7.12. The van der Waals surface area contributed by atoms with Crippen LogP contribution >= 0.6 is 0 Å². The first-order valence-corrected chi connectivity index (χ1v) is 26.4. The third-order valence-corrected chi connectivity index (χ3v) is 15.0. The first-order valence-electron chi connectivity index (χ1n) is 26.4. The Kier molecular flexibility index (Phi) is 16.7. The van der Waals surface area contributed by atoms with E-state index in [9.17, 15) is 33.9 Å². The maximum Gasteiger partial charge on any atom is 0.509 e. The summed E-state index contributed by atoms with van der Waals surface area (Å²) in [5, 5.41) is 14.2. The molecule has 2 amide bonds. The van der Waals surface area contributed by atoms with Crippen molar-refractivity contribution in [3.8, 4) is 0 Å². The molecule has 19 heteroatoms. The predicted octanol–water partition coefficient (Wildman–Crippen LogP) is 9.62. The second-order valence-corrected chi connectivity index (χ2v) is 24.4. The molecule has 1 N–H and O–H groups in total. The van der Waals surface area contributed by atoms with Gasteiger partial charge < -0.3 is 47.7 Å². The van der Waals surface area contributed by atoms with Crippen molar-refractivity contribution in [2.24, 2.45) is 22.7 Å². The molecule has 3 aliphatic carbocycles. The molecule has 7 rings (SSSR count). The van der Waals surface area contributed by atoms with Gasteiger partial charge in [-0.2, -0.15) is 0 Å². The lowest BCUT2D eigenvalue weighted by Gasteiger charge is -2.64. The van der Waals surface area contributed by atoms with Gasteiger partial charge in [-0.25, -0.2) is 28.9 Å². The number of ether oxygens (including phenoxy) is 9. The van der Waals surface area contributed by atoms with E-state index < -0.39 is 142 Å². The molecule has 3 aromatic rings. The van der Waals surface area contributed by atoms with Gasteiger partial charge in [0, 0.05) is 42.6 Å². The Morgan fingerprint density at radius 2 is 1.23 bits per heavy atom. The first-order chi connectivity index (χ1) is 36.7. The fraction of sp³-hybridized carbons (Fsp3) is 0.533. The van der Waals surface area contributed by atoms with Gasteiger partial charge in [0.1, 0.15) is 46.8 Å². The van der Waals surface area contributed by atoms with Gasteiger partial charge in [0.15, 0.2) is 11.9 Å². The first kappa shape index (κ1) is 59.5. The van der Waals surface area contributed by atoms with Gasteiger partial charge in [0.05, 0.1) is 23.7 Å². The molecule has 2 saturated carbocycles. The van der Waals surface area contributed by atoms with Crippen LogP contribution in [0.25, 0.3) is 0 Å². The summed E-state index contributed by atoms with van der Waals surface area (Å²) in [5.74, 6) is -6.90. The Morgan fingerprint density at radius 3 is 1.75 bits per heavy atom. The van der Waals surface area contributed by atoms with Crippen LogP contribution in [-0.4, -0.2) is 124 Å². The highest BCUT2D eigenvalue weighted by Gasteiger charge is 2.74. The third-order valence-electron chi connectivity index (χ3n) is 15.0. The molecule has 4 aliphatic rings. The van der Waals surface area contributed by atoms with Gasteiger partial charge in [-0.15, -0.1) is 0 Å². The van der Waals surface area contributed by atoms with Crippen molar-refractivity contribution in [1.29, 1.82) is 0 Å². The fourth-order valence-electron chi connectivity index (χ4n) is 11.4. The van der Waals surface area contributed by atoms with E-state index in [0.717, 1.165) is 6.92 Å². The van der Waals surface area contributed by atoms with Crippen molar-refractivity contribution in [3.63, 3.8) is 0 Å². The molecule has 3 aromatic carbocycles. The van der Waals surface area contributed by atoms with Gasteiger partial charge >= 0.3 is 36.3 Å². The molecule has 1 heterocycles. The largest absolute Gasteiger partial charge is 0.509 e. The van der Waals surface area contributed by atoms with Gasteiger partial charge in [-0.05, 0) is 117 Å². The highest BCUT2D eigenvalue weighted by atomic mass is 16.8. The number of carbonyl (C=O) groups is 8. The van der Waals surface area contributed by atoms with Crippen LogP contribution in [-0.2, 0) is 57.0 Å². The summed E-state index contributed by atoms with van der Waals surface area (Å²) >= 11 is 0. The number of fused-ring (bicyclic) bond motifs is 5. The highest BCUT2D eigenvalue weighted by molar-refractivity contribution is 6.04. The summed E-state index contributed by atoms with van der Waals surface area (Å²) in [6.07, 6.45) is -14.0. The number of nitrogens with zero attached hydrogens (tertiary/aromatic N) is 1. The molecule has 1 aliphatic heterocycles. The minimum Gasteiger partial charge on any atom is -0.455 e. The average molecular weight is 1100 g/mol. The quantitative estimate of drug-likeness (QED) is 0.107. The number of aliphatic hydroxyl groups is 1. The normalized spacial score (nSPS) is 27.0. The number of ketones is 1. The molecule has 0 radical (unpaired) electrons. The lowest BCUT2D eigenvalue weighted by molar-refractivity contribution is -0.278. The number of hydrogen-bond acceptors (Lipinski definition) is 18. The minimum atomic E-state index is -2.41. The van der Waals surface area contributed by atoms with Crippen molar-refractivity contribution < 1.29 is 86.1 Å². The molecule has 1 saturated heterocycles. The SMILES string of the molecule is CC(=O)O[C@H]1C(=O)[C@@]2(C)[C@@H]([C@@H]3CO[C@@H]3C[C@@H]2OC(=O)OC(C)(C)C)[C@H](OC(=O)c2ccccc2)[C@]2(O)C[C@H](OC(=O)[C@H](OC(=O)OC(C)(C)C)[C@H](c3ccccc3)N(C(=O)OC(C)(C)C)C(=O)c3ccccc3)C(C)=C1C2(C)C. The maximum absolute atomic E-state index is 16.2. The average Bonchev–Trinajstić information content (AvgIpc) is 3.29. The predicted molar refractivity (Wildman–Crippen MR) is 282 cm³/mol. The molecule has 11 atom stereocenters. The molecule has 0 spiro atoms. The van der Waals surface area contributed by atoms with E-state index in [2.05, 4.69) is 0 Å². The smallest absolute Gasteiger partial charge is 0.455 e. The summed E-state index contributed by atoms with van der Waals surface area (Å²) in [7, 11) is 0. The van der Waals surface area contributed by atoms with E-state index >= 15 is 9.59 Å². The molecular formula is C60H73NO18. The van der Waals surface area contributed by atoms with Crippen molar-refractivity contribution >= 4 is 48.0 Å². The van der Waals surface area contributed by atoms with E-state index in [0.29, 0.717) is 4.90 Å². The number of rotatable bonds is 11. The number of amides is 2. The zero-order chi connectivity index (χ0) is 58.4. The Bertz CT molecular complexity index is 2850. The van der Waals surface area contributed by atoms with Crippen molar-refractivity contribution in [2.75, 3.05) is 6.61 Å². The van der Waals surface area contributed by atoms with E-state index in [-0.39, 0.29) is 40.9 Å². The van der Waals surface area contributed by atoms with Gasteiger partial charge in [0.25, 0.3) is 5.91 Å². The zero-order valence-corrected chi connectivity index (χ0v) is 47.3. The molecule has 19 nitrogen and oxygen atoms in total. The molecule has 0 aromatic heterocycles. The number of imide groups is 1. The number of carbonyl (C=O) groups excluding carboxylic acids is 8. The van der Waals surface area contributed by atoms with Gasteiger partial charge in [-0.1, -0.05) is 80.6 Å². The number of hydrogen-bond donors (Lipinski definition) is 1. The second kappa shape index (κ2) is 22.2. The van der Waals surface area contributed by atoms with Gasteiger partial charge in [0.2, 0.25) is 6.10 Å². The van der Waals surface area contributed by atoms with Crippen LogP contribution in [0.2, 0.25) is 0 Å². The molecular weight excluding hydrogens is 1020 g/mol. The zero-order valence-electron chi connectivity index (χ0n) is 47.3. The third kappa shape index (κ3) is 12.4. The lowest BCUT2D eigenvalue weighted by atomic mass is 9.45. The molecule has 3 fully saturated rings. The molecule has 426 valence electrons. The number of Topliss-reactive ketones (excluding diaryl/α,β-unsaturated/α-hetero) is 1. The van der Waals surface area contributed by atoms with Crippen LogP contribution < -0.4 is 0 Å². The summed E-state index contributed by atoms with van der Waals surface area (Å²) in [6.45, 7) is 21.6. The molecule has 79 heavy (non-hydrogen) atoms. The topological polar surface area (TPSA) is 243 Å². The fourth-order valence-corrected chi connectivity index (χ4v) is 11.4. The summed E-state index contributed by atoms with van der Waals surface area (Å²) in [4.78, 5) is 118. The Morgan fingerprint density at radius 1 is 0.696 bits per heavy atom. The van der Waals surface area contributed by atoms with Gasteiger partial charge in [-0.3, -0.25) is 14.4 Å². The Balaban J connectivity index is 1.46. The van der Waals surface area contributed by atoms with E-state index in [1.807, 2.05) is 0 Å². The number of esters is 3. The van der Waals surface area contributed by atoms with Crippen LogP contribution in [0.3, 0.4) is 0 Å². The lowest BCUT2D eigenvalue weighted by Crippen LogP contribution is -2.75. The maximum atomic E-state index is 16.2. The minimum absolute atomic E-state index is 0.00599. The summed E-state index contributed by atoms with van der Waals surface area (Å²) in [5.41, 5.74) is -9.32. The molecule has 0 unspecified atom stereocenters. The summed E-state index contributed by atoms with van der Waals surface area (Å²) < 4.78 is 54.3. The van der Waals surface area contributed by atoms with E-state index in [4.69, 9.17) is 42.6 Å². The van der Waals surface area contributed by atoms with E-state index in [1.54, 1.807) is 131 Å². The standard InChI is InChI=1S/C60H73NO18/c1-33-40(73-51(66)46(75-54(69)79-57(9,10)11)44(35-24-18-15-19-25-35)61(52(67)77-55(3,4)5)49(64)36-26-20-16-21-27-36)31-60(70)48(76-50(65)37-28-22-17-23-29-37)43-38-32-71-39(38)30-41(74-53(68)78-56(6,7)8)59(43,14)47(63)45(72-34(2)62)42(33)58(60,12)13/h15-29,38-41,43-46,48,70H,30-32H2,1-14H3/t38-,39-,40+,41+,43+,44+,45-,46-,48+,59-,60-/m1/s1. The van der Waals surface area contributed by atoms with Crippen molar-refractivity contribution in [2.45, 2.75) is 175 Å². The Labute approximate surface area is 460 Å². The van der Waals surface area contributed by atoms with E-state index in [1.165, 1.54) is 50.2 Å². The van der Waals surface area contributed by atoms with Crippen molar-refractivity contribution in [3.05, 3.63) is 119 Å². The van der Waals surface area contributed by atoms with Crippen LogP contribution in [0.15, 0.2) is 102 Å². The van der Waals surface area contributed by atoms with Crippen molar-refractivity contribution in [1.82, 2.24) is 4.90 Å². The molecule has 2 bridgehead atoms. The second-order valence-electron chi connectivity index (χ2n) is 24.4.